The summed E-state index contributed by atoms with van der Waals surface area (Å²) in [4.78, 5) is 0. The van der Waals surface area contributed by atoms with Gasteiger partial charge in [0.25, 0.3) is 0 Å². The molecule has 1 aliphatic rings. The molecule has 2 heteroatoms. The Kier molecular flexibility index (Phi) is 2.65. The van der Waals surface area contributed by atoms with Crippen molar-refractivity contribution in [3.63, 3.8) is 0 Å². The standard InChI is InChI=1S/C18H19NO/c1-11-9-15(17(20)10-12(11)2)18(4)13(3)14-7-5-6-8-16(14)19-18/h5-10,19-20H,3H2,1-2,4H3. The number of nitrogens with one attached hydrogen (secondary N) is 1. The lowest BCUT2D eigenvalue weighted by Crippen LogP contribution is -2.28. The van der Waals surface area contributed by atoms with Gasteiger partial charge in [0, 0.05) is 16.8 Å². The van der Waals surface area contributed by atoms with E-state index in [1.54, 1.807) is 0 Å². The van der Waals surface area contributed by atoms with Gasteiger partial charge in [-0.3, -0.25) is 0 Å². The zero-order valence-electron chi connectivity index (χ0n) is 12.1. The molecule has 3 rings (SSSR count). The third kappa shape index (κ3) is 1.64. The van der Waals surface area contributed by atoms with Crippen LogP contribution in [0.5, 0.6) is 5.75 Å². The summed E-state index contributed by atoms with van der Waals surface area (Å²) < 4.78 is 0. The molecule has 0 fully saturated rings. The number of aryl methyl sites for hydroxylation is 2. The molecular weight excluding hydrogens is 246 g/mol. The van der Waals surface area contributed by atoms with Crippen LogP contribution in [0.4, 0.5) is 5.69 Å². The van der Waals surface area contributed by atoms with Gasteiger partial charge in [-0.1, -0.05) is 24.8 Å². The topological polar surface area (TPSA) is 32.3 Å². The molecule has 1 aliphatic heterocycles. The van der Waals surface area contributed by atoms with E-state index in [0.29, 0.717) is 5.75 Å². The summed E-state index contributed by atoms with van der Waals surface area (Å²) in [5.74, 6) is 0.317. The number of phenols is 1. The third-order valence-electron chi connectivity index (χ3n) is 4.39. The van der Waals surface area contributed by atoms with Crippen LogP contribution in [0, 0.1) is 13.8 Å². The first-order chi connectivity index (χ1) is 9.43. The minimum atomic E-state index is -0.466. The van der Waals surface area contributed by atoms with E-state index < -0.39 is 5.54 Å². The van der Waals surface area contributed by atoms with E-state index in [4.69, 9.17) is 0 Å². The van der Waals surface area contributed by atoms with Gasteiger partial charge in [-0.05, 0) is 55.7 Å². The second-order valence-electron chi connectivity index (χ2n) is 5.73. The van der Waals surface area contributed by atoms with Gasteiger partial charge in [0.05, 0.1) is 5.54 Å². The number of aromatic hydroxyl groups is 1. The van der Waals surface area contributed by atoms with E-state index in [1.165, 1.54) is 5.56 Å². The van der Waals surface area contributed by atoms with Crippen molar-refractivity contribution in [1.29, 1.82) is 0 Å². The number of benzene rings is 2. The maximum Gasteiger partial charge on any atom is 0.121 e. The molecule has 0 spiro atoms. The number of rotatable bonds is 1. The molecule has 0 radical (unpaired) electrons. The molecule has 20 heavy (non-hydrogen) atoms. The van der Waals surface area contributed by atoms with Crippen molar-refractivity contribution >= 4 is 11.3 Å². The summed E-state index contributed by atoms with van der Waals surface area (Å²) in [5, 5.41) is 13.9. The van der Waals surface area contributed by atoms with Crippen molar-refractivity contribution in [2.45, 2.75) is 26.3 Å². The maximum atomic E-state index is 10.4. The van der Waals surface area contributed by atoms with Crippen molar-refractivity contribution < 1.29 is 5.11 Å². The Morgan fingerprint density at radius 2 is 1.75 bits per heavy atom. The van der Waals surface area contributed by atoms with Gasteiger partial charge in [-0.2, -0.15) is 0 Å². The third-order valence-corrected chi connectivity index (χ3v) is 4.39. The molecule has 1 heterocycles. The van der Waals surface area contributed by atoms with Crippen LogP contribution in [0.25, 0.3) is 5.57 Å². The zero-order chi connectivity index (χ0) is 14.5. The average molecular weight is 265 g/mol. The molecule has 0 bridgehead atoms. The van der Waals surface area contributed by atoms with E-state index in [9.17, 15) is 5.11 Å². The SMILES string of the molecule is C=C1c2ccccc2NC1(C)c1cc(C)c(C)cc1O. The van der Waals surface area contributed by atoms with E-state index in [0.717, 1.165) is 28.0 Å². The fourth-order valence-corrected chi connectivity index (χ4v) is 2.90. The van der Waals surface area contributed by atoms with Gasteiger partial charge in [-0.25, -0.2) is 0 Å². The van der Waals surface area contributed by atoms with Gasteiger partial charge in [-0.15, -0.1) is 0 Å². The summed E-state index contributed by atoms with van der Waals surface area (Å²) in [7, 11) is 0. The molecule has 2 N–H and O–H groups in total. The zero-order valence-corrected chi connectivity index (χ0v) is 12.1. The van der Waals surface area contributed by atoms with Crippen molar-refractivity contribution in [2.75, 3.05) is 5.32 Å². The van der Waals surface area contributed by atoms with Crippen LogP contribution in [-0.2, 0) is 5.54 Å². The van der Waals surface area contributed by atoms with Crippen LogP contribution in [0.15, 0.2) is 43.0 Å². The Hall–Kier alpha value is -2.22. The van der Waals surface area contributed by atoms with E-state index >= 15 is 0 Å². The summed E-state index contributed by atoms with van der Waals surface area (Å²) in [5.41, 5.74) is 5.85. The first-order valence-corrected chi connectivity index (χ1v) is 6.81. The fourth-order valence-electron chi connectivity index (χ4n) is 2.90. The lowest BCUT2D eigenvalue weighted by atomic mass is 9.83. The first kappa shape index (κ1) is 12.8. The summed E-state index contributed by atoms with van der Waals surface area (Å²) in [6, 6.07) is 12.0. The van der Waals surface area contributed by atoms with Gasteiger partial charge in [0.2, 0.25) is 0 Å². The van der Waals surface area contributed by atoms with Crippen LogP contribution >= 0.6 is 0 Å². The highest BCUT2D eigenvalue weighted by molar-refractivity contribution is 5.90. The molecule has 0 aromatic heterocycles. The molecule has 102 valence electrons. The minimum Gasteiger partial charge on any atom is -0.508 e. The molecule has 2 aromatic rings. The predicted molar refractivity (Wildman–Crippen MR) is 84.0 cm³/mol. The number of hydrogen-bond acceptors (Lipinski definition) is 2. The lowest BCUT2D eigenvalue weighted by molar-refractivity contribution is 0.459. The molecule has 0 amide bonds. The largest absolute Gasteiger partial charge is 0.508 e. The molecule has 2 nitrogen and oxygen atoms in total. The molecule has 1 atom stereocenters. The number of hydrogen-bond donors (Lipinski definition) is 2. The molecular formula is C18H19NO. The Balaban J connectivity index is 2.17. The Morgan fingerprint density at radius 1 is 1.10 bits per heavy atom. The Morgan fingerprint density at radius 3 is 2.45 bits per heavy atom. The van der Waals surface area contributed by atoms with Crippen LogP contribution in [0.3, 0.4) is 0 Å². The van der Waals surface area contributed by atoms with Crippen LogP contribution in [-0.4, -0.2) is 5.11 Å². The van der Waals surface area contributed by atoms with Crippen molar-refractivity contribution in [1.82, 2.24) is 0 Å². The number of para-hydroxylation sites is 1. The molecule has 0 aliphatic carbocycles. The summed E-state index contributed by atoms with van der Waals surface area (Å²) >= 11 is 0. The second kappa shape index (κ2) is 4.14. The van der Waals surface area contributed by atoms with Crippen molar-refractivity contribution in [3.05, 3.63) is 65.2 Å². The van der Waals surface area contributed by atoms with Gasteiger partial charge >= 0.3 is 0 Å². The highest BCUT2D eigenvalue weighted by Crippen LogP contribution is 2.49. The lowest BCUT2D eigenvalue weighted by Gasteiger charge is -2.29. The molecule has 1 unspecified atom stereocenters. The highest BCUT2D eigenvalue weighted by Gasteiger charge is 2.39. The first-order valence-electron chi connectivity index (χ1n) is 6.81. The van der Waals surface area contributed by atoms with Crippen molar-refractivity contribution in [3.8, 4) is 5.75 Å². The number of anilines is 1. The van der Waals surface area contributed by atoms with Crippen LogP contribution < -0.4 is 5.32 Å². The average Bonchev–Trinajstić information content (AvgIpc) is 2.67. The van der Waals surface area contributed by atoms with Crippen LogP contribution in [0.1, 0.15) is 29.2 Å². The minimum absolute atomic E-state index is 0.317. The summed E-state index contributed by atoms with van der Waals surface area (Å²) in [6.45, 7) is 10.4. The molecule has 0 saturated carbocycles. The van der Waals surface area contributed by atoms with Gasteiger partial charge in [0.15, 0.2) is 0 Å². The van der Waals surface area contributed by atoms with E-state index in [1.807, 2.05) is 31.2 Å². The second-order valence-corrected chi connectivity index (χ2v) is 5.73. The molecule has 0 saturated heterocycles. The smallest absolute Gasteiger partial charge is 0.121 e. The normalized spacial score (nSPS) is 20.6. The van der Waals surface area contributed by atoms with Crippen molar-refractivity contribution in [2.24, 2.45) is 0 Å². The number of phenolic OH excluding ortho intramolecular Hbond substituents is 1. The summed E-state index contributed by atoms with van der Waals surface area (Å²) in [6.07, 6.45) is 0. The molecule has 2 aromatic carbocycles. The van der Waals surface area contributed by atoms with Gasteiger partial charge in [0.1, 0.15) is 5.75 Å². The highest BCUT2D eigenvalue weighted by atomic mass is 16.3. The Labute approximate surface area is 119 Å². The number of fused-ring (bicyclic) bond motifs is 1. The Bertz CT molecular complexity index is 717. The van der Waals surface area contributed by atoms with Crippen LogP contribution in [0.2, 0.25) is 0 Å². The van der Waals surface area contributed by atoms with Gasteiger partial charge < -0.3 is 10.4 Å². The quantitative estimate of drug-likeness (QED) is 0.802. The van der Waals surface area contributed by atoms with E-state index in [-0.39, 0.29) is 0 Å². The monoisotopic (exact) mass is 265 g/mol. The fraction of sp³-hybridized carbons (Fsp3) is 0.222. The maximum absolute atomic E-state index is 10.4. The predicted octanol–water partition coefficient (Wildman–Crippen LogP) is 4.36. The van der Waals surface area contributed by atoms with E-state index in [2.05, 4.69) is 37.9 Å².